The highest BCUT2D eigenvalue weighted by Crippen LogP contribution is 2.29. The number of esters is 3. The van der Waals surface area contributed by atoms with E-state index in [9.17, 15) is 34.1 Å². The van der Waals surface area contributed by atoms with Crippen molar-refractivity contribution in [3.8, 4) is 0 Å². The first kappa shape index (κ1) is 47.4. The van der Waals surface area contributed by atoms with Crippen molar-refractivity contribution in [2.24, 2.45) is 17.8 Å². The zero-order valence-electron chi connectivity index (χ0n) is 32.8. The molecular weight excluding hydrogens is 690 g/mol. The molecule has 15 nitrogen and oxygen atoms in total. The minimum Gasteiger partial charge on any atom is -0.466 e. The number of nitrogens with zero attached hydrogens (tertiary/aromatic N) is 1. The Bertz CT molecular complexity index is 1170. The average Bonchev–Trinajstić information content (AvgIpc) is 3.52. The van der Waals surface area contributed by atoms with Crippen LogP contribution in [0.1, 0.15) is 131 Å². The minimum atomic E-state index is -1.04. The van der Waals surface area contributed by atoms with Crippen molar-refractivity contribution >= 4 is 29.7 Å². The number of nitro groups is 1. The number of rotatable bonds is 9. The van der Waals surface area contributed by atoms with Crippen LogP contribution in [0.15, 0.2) is 12.2 Å². The summed E-state index contributed by atoms with van der Waals surface area (Å²) in [7, 11) is 0. The van der Waals surface area contributed by atoms with E-state index in [0.29, 0.717) is 38.2 Å². The molecule has 0 radical (unpaired) electrons. The molecule has 5 saturated heterocycles. The number of cyclic esters (lactones) is 3. The highest BCUT2D eigenvalue weighted by molar-refractivity contribution is 5.88. The zero-order chi connectivity index (χ0) is 40.2. The van der Waals surface area contributed by atoms with Crippen LogP contribution in [0.2, 0.25) is 0 Å². The smallest absolute Gasteiger partial charge is 0.333 e. The second-order valence-corrected chi connectivity index (χ2v) is 16.1. The molecular formula is C38H65N3O12. The van der Waals surface area contributed by atoms with Gasteiger partial charge in [0.2, 0.25) is 17.4 Å². The van der Waals surface area contributed by atoms with E-state index in [2.05, 4.69) is 26.7 Å². The maximum Gasteiger partial charge on any atom is 0.333 e. The van der Waals surface area contributed by atoms with Gasteiger partial charge in [-0.25, -0.2) is 4.79 Å². The summed E-state index contributed by atoms with van der Waals surface area (Å²) in [4.78, 5) is 64.9. The molecule has 2 amide bonds. The van der Waals surface area contributed by atoms with E-state index in [4.69, 9.17) is 14.9 Å². The van der Waals surface area contributed by atoms with Gasteiger partial charge in [0.05, 0.1) is 25.7 Å². The van der Waals surface area contributed by atoms with E-state index in [1.165, 1.54) is 13.8 Å². The fourth-order valence-corrected chi connectivity index (χ4v) is 6.42. The first-order valence-corrected chi connectivity index (χ1v) is 18.9. The molecule has 5 heterocycles. The van der Waals surface area contributed by atoms with Crippen molar-refractivity contribution in [2.75, 3.05) is 33.0 Å². The lowest BCUT2D eigenvalue weighted by Gasteiger charge is -2.24. The molecule has 15 heteroatoms. The van der Waals surface area contributed by atoms with Crippen LogP contribution in [0, 0.1) is 27.9 Å². The molecule has 5 fully saturated rings. The van der Waals surface area contributed by atoms with Crippen LogP contribution in [0.25, 0.3) is 0 Å². The van der Waals surface area contributed by atoms with Crippen molar-refractivity contribution in [1.82, 2.24) is 10.6 Å². The van der Waals surface area contributed by atoms with Gasteiger partial charge in [-0.05, 0) is 105 Å². The Hall–Kier alpha value is -3.59. The second-order valence-electron chi connectivity index (χ2n) is 16.1. The van der Waals surface area contributed by atoms with Gasteiger partial charge in [-0.15, -0.1) is 0 Å². The molecule has 3 atom stereocenters. The third-order valence-electron chi connectivity index (χ3n) is 9.30. The third kappa shape index (κ3) is 19.3. The normalized spacial score (nSPS) is 24.3. The molecule has 53 heavy (non-hydrogen) atoms. The Labute approximate surface area is 314 Å². The highest BCUT2D eigenvalue weighted by Gasteiger charge is 2.39. The summed E-state index contributed by atoms with van der Waals surface area (Å²) in [5.74, 6) is -0.320. The van der Waals surface area contributed by atoms with Crippen molar-refractivity contribution in [3.05, 3.63) is 22.3 Å². The lowest BCUT2D eigenvalue weighted by atomic mass is 9.87. The van der Waals surface area contributed by atoms with E-state index < -0.39 is 5.54 Å². The average molecular weight is 756 g/mol. The second kappa shape index (κ2) is 23.3. The molecule has 0 bridgehead atoms. The van der Waals surface area contributed by atoms with Crippen LogP contribution in [0.3, 0.4) is 0 Å². The predicted molar refractivity (Wildman–Crippen MR) is 197 cm³/mol. The van der Waals surface area contributed by atoms with Gasteiger partial charge in [-0.2, -0.15) is 0 Å². The molecule has 0 aromatic heterocycles. The molecule has 0 spiro atoms. The third-order valence-corrected chi connectivity index (χ3v) is 9.30. The lowest BCUT2D eigenvalue weighted by Crippen LogP contribution is -2.37. The number of amides is 2. The van der Waals surface area contributed by atoms with Crippen LogP contribution < -0.4 is 10.6 Å². The van der Waals surface area contributed by atoms with Gasteiger partial charge < -0.3 is 35.1 Å². The number of hydrogen-bond donors (Lipinski definition) is 4. The summed E-state index contributed by atoms with van der Waals surface area (Å²) in [6.45, 7) is 16.7. The first-order chi connectivity index (χ1) is 24.7. The molecule has 0 saturated carbocycles. The largest absolute Gasteiger partial charge is 0.466 e. The summed E-state index contributed by atoms with van der Waals surface area (Å²) in [6, 6.07) is 0. The summed E-state index contributed by atoms with van der Waals surface area (Å²) in [5.41, 5.74) is -0.522. The van der Waals surface area contributed by atoms with Crippen molar-refractivity contribution < 1.29 is 53.3 Å². The summed E-state index contributed by atoms with van der Waals surface area (Å²) >= 11 is 0. The number of aliphatic hydroxyl groups is 2. The van der Waals surface area contributed by atoms with Crippen LogP contribution in [-0.4, -0.2) is 94.5 Å². The van der Waals surface area contributed by atoms with Gasteiger partial charge in [-0.3, -0.25) is 29.3 Å². The molecule has 2 unspecified atom stereocenters. The monoisotopic (exact) mass is 755 g/mol. The fraction of sp³-hybridized carbons (Fsp3) is 0.816. The number of aliphatic hydroxyl groups excluding tert-OH is 2. The number of nitrogens with one attached hydrogen (secondary N) is 2. The predicted octanol–water partition coefficient (Wildman–Crippen LogP) is 4.33. The zero-order valence-corrected chi connectivity index (χ0v) is 32.8. The van der Waals surface area contributed by atoms with Crippen molar-refractivity contribution in [2.45, 2.75) is 148 Å². The van der Waals surface area contributed by atoms with Gasteiger partial charge in [0, 0.05) is 73.3 Å². The molecule has 0 aromatic carbocycles. The molecule has 5 aliphatic rings. The molecule has 5 rings (SSSR count). The van der Waals surface area contributed by atoms with Gasteiger partial charge in [-0.1, -0.05) is 6.58 Å². The van der Waals surface area contributed by atoms with Gasteiger partial charge in [0.15, 0.2) is 0 Å². The quantitative estimate of drug-likeness (QED) is 0.0850. The standard InChI is InChI=1S/C9H15NO4.2C9H17NO2.C6H8O2.C5H8O2/c1-9(2,10(12)13)6-7-4-3-5-14-8(7)11;2*1-9(2)6-7(4-3-5-11)8(12)10-9;1-5-3-2-4-8-6(5)7;6-5-3-1-2-4-7-5/h7H,3-6H2,1-2H3;2*7,11H,3-6H2,1-2H3,(H,10,12);1-4H2;1-4H2/t;7-;;;/m.0.../s1. The lowest BCUT2D eigenvalue weighted by molar-refractivity contribution is -0.562. The summed E-state index contributed by atoms with van der Waals surface area (Å²) in [5, 5.41) is 33.7. The van der Waals surface area contributed by atoms with Crippen LogP contribution in [0.5, 0.6) is 0 Å². The van der Waals surface area contributed by atoms with Crippen LogP contribution in [-0.2, 0) is 38.2 Å². The Kier molecular flexibility index (Phi) is 20.8. The number of hydrogen-bond acceptors (Lipinski definition) is 12. The first-order valence-electron chi connectivity index (χ1n) is 18.9. The maximum atomic E-state index is 11.3. The fourth-order valence-electron chi connectivity index (χ4n) is 6.42. The SMILES string of the molecule is C=C1CCCOC1=O.CC(C)(CC1CCCOC1=O)[N+](=O)[O-].CC1(C)CC(CCCO)C(=O)N1.CC1(C)C[C@H](CCCO)C(=O)N1.O=C1CCCCO1. The summed E-state index contributed by atoms with van der Waals surface area (Å²) in [6.07, 6.45) is 11.1. The van der Waals surface area contributed by atoms with E-state index in [1.54, 1.807) is 0 Å². The van der Waals surface area contributed by atoms with E-state index in [1.807, 2.05) is 27.7 Å². The Morgan fingerprint density at radius 2 is 1.28 bits per heavy atom. The van der Waals surface area contributed by atoms with E-state index in [-0.39, 0.29) is 83.1 Å². The van der Waals surface area contributed by atoms with E-state index >= 15 is 0 Å². The molecule has 5 aliphatic heterocycles. The molecule has 0 aliphatic carbocycles. The number of carbonyl (C=O) groups excluding carboxylic acids is 5. The van der Waals surface area contributed by atoms with E-state index in [0.717, 1.165) is 70.6 Å². The van der Waals surface area contributed by atoms with Crippen LogP contribution >= 0.6 is 0 Å². The Morgan fingerprint density at radius 3 is 1.60 bits per heavy atom. The van der Waals surface area contributed by atoms with Crippen LogP contribution in [0.4, 0.5) is 0 Å². The van der Waals surface area contributed by atoms with Crippen molar-refractivity contribution in [1.29, 1.82) is 0 Å². The number of carbonyl (C=O) groups is 5. The Morgan fingerprint density at radius 1 is 0.774 bits per heavy atom. The highest BCUT2D eigenvalue weighted by atomic mass is 16.6. The van der Waals surface area contributed by atoms with Gasteiger partial charge in [0.1, 0.15) is 0 Å². The molecule has 0 aromatic rings. The topological polar surface area (TPSA) is 221 Å². The number of ether oxygens (including phenoxy) is 3. The maximum absolute atomic E-state index is 11.3. The summed E-state index contributed by atoms with van der Waals surface area (Å²) < 4.78 is 14.1. The molecule has 304 valence electrons. The minimum absolute atomic E-state index is 0.0359. The van der Waals surface area contributed by atoms with Gasteiger partial charge >= 0.3 is 17.9 Å². The molecule has 4 N–H and O–H groups in total. The Balaban J connectivity index is 0.000000338. The van der Waals surface area contributed by atoms with Crippen molar-refractivity contribution in [3.63, 3.8) is 0 Å². The van der Waals surface area contributed by atoms with Gasteiger partial charge in [0.25, 0.3) is 0 Å².